The lowest BCUT2D eigenvalue weighted by Gasteiger charge is -2.60. The number of hydrogen-bond acceptors (Lipinski definition) is 4. The Morgan fingerprint density at radius 1 is 1.00 bits per heavy atom. The average Bonchev–Trinajstić information content (AvgIpc) is 2.95. The molecule has 4 heteroatoms. The summed E-state index contributed by atoms with van der Waals surface area (Å²) in [5.41, 5.74) is -0.254. The monoisotopic (exact) mass is 374 g/mol. The van der Waals surface area contributed by atoms with E-state index < -0.39 is 5.41 Å². The Kier molecular flexibility index (Phi) is 4.55. The number of rotatable bonds is 2. The van der Waals surface area contributed by atoms with Crippen molar-refractivity contribution in [3.05, 3.63) is 0 Å². The summed E-state index contributed by atoms with van der Waals surface area (Å²) < 4.78 is 5.52. The van der Waals surface area contributed by atoms with E-state index in [4.69, 9.17) is 4.74 Å². The number of hydrogen-bond donors (Lipinski definition) is 0. The van der Waals surface area contributed by atoms with Crippen molar-refractivity contribution in [2.24, 2.45) is 40.4 Å². The first-order valence-electron chi connectivity index (χ1n) is 10.9. The minimum atomic E-state index is -0.425. The quantitative estimate of drug-likeness (QED) is 0.675. The van der Waals surface area contributed by atoms with Gasteiger partial charge in [0, 0.05) is 24.7 Å². The zero-order valence-electron chi connectivity index (χ0n) is 17.3. The summed E-state index contributed by atoms with van der Waals surface area (Å²) in [5, 5.41) is 0. The third-order valence-electron chi connectivity index (χ3n) is 9.30. The van der Waals surface area contributed by atoms with E-state index in [2.05, 4.69) is 13.8 Å². The highest BCUT2D eigenvalue weighted by atomic mass is 16.5. The molecular weight excluding hydrogens is 340 g/mol. The van der Waals surface area contributed by atoms with Gasteiger partial charge in [-0.05, 0) is 81.0 Å². The molecule has 0 unspecified atom stereocenters. The van der Waals surface area contributed by atoms with E-state index in [1.165, 1.54) is 13.3 Å². The molecule has 4 fully saturated rings. The average molecular weight is 375 g/mol. The van der Waals surface area contributed by atoms with Gasteiger partial charge in [-0.15, -0.1) is 0 Å². The molecule has 8 atom stereocenters. The normalized spacial score (nSPS) is 49.0. The standard InChI is InChI=1S/C23H34O4/c1-13(24)18-7-8-19-17-6-5-15-11-16(27-14(2)25)9-10-22(15,3)20(17)12-21(26)23(18,19)4/h15-20H,5-12H2,1-4H3/t15-,16+,17+,18-,19-,20+,22-,23+/m0/s1. The fourth-order valence-corrected chi connectivity index (χ4v) is 7.92. The van der Waals surface area contributed by atoms with Gasteiger partial charge in [0.2, 0.25) is 0 Å². The van der Waals surface area contributed by atoms with Crippen molar-refractivity contribution < 1.29 is 19.1 Å². The number of carbonyl (C=O) groups is 3. The highest BCUT2D eigenvalue weighted by Crippen LogP contribution is 2.66. The van der Waals surface area contributed by atoms with Crippen LogP contribution in [0.25, 0.3) is 0 Å². The number of esters is 1. The van der Waals surface area contributed by atoms with Crippen molar-refractivity contribution >= 4 is 17.5 Å². The van der Waals surface area contributed by atoms with Crippen LogP contribution in [0.4, 0.5) is 0 Å². The smallest absolute Gasteiger partial charge is 0.302 e. The molecule has 0 aromatic heterocycles. The summed E-state index contributed by atoms with van der Waals surface area (Å²) in [6.07, 6.45) is 7.86. The van der Waals surface area contributed by atoms with Crippen LogP contribution in [0.2, 0.25) is 0 Å². The molecule has 4 rings (SSSR count). The molecule has 4 aliphatic carbocycles. The molecule has 0 N–H and O–H groups in total. The molecule has 0 aromatic carbocycles. The number of ether oxygens (including phenoxy) is 1. The van der Waals surface area contributed by atoms with Gasteiger partial charge in [-0.2, -0.15) is 0 Å². The fourth-order valence-electron chi connectivity index (χ4n) is 7.92. The van der Waals surface area contributed by atoms with Gasteiger partial charge in [-0.25, -0.2) is 0 Å². The van der Waals surface area contributed by atoms with Crippen LogP contribution in [0.15, 0.2) is 0 Å². The molecule has 150 valence electrons. The lowest BCUT2D eigenvalue weighted by Crippen LogP contribution is -2.57. The maximum absolute atomic E-state index is 13.4. The summed E-state index contributed by atoms with van der Waals surface area (Å²) in [7, 11) is 0. The van der Waals surface area contributed by atoms with Crippen molar-refractivity contribution in [2.75, 3.05) is 0 Å². The van der Waals surface area contributed by atoms with Crippen molar-refractivity contribution in [3.63, 3.8) is 0 Å². The summed E-state index contributed by atoms with van der Waals surface area (Å²) in [6.45, 7) is 7.66. The third-order valence-corrected chi connectivity index (χ3v) is 9.30. The van der Waals surface area contributed by atoms with Crippen LogP contribution in [-0.4, -0.2) is 23.6 Å². The van der Waals surface area contributed by atoms with E-state index in [9.17, 15) is 14.4 Å². The van der Waals surface area contributed by atoms with E-state index in [-0.39, 0.29) is 29.2 Å². The van der Waals surface area contributed by atoms with Crippen LogP contribution in [0.5, 0.6) is 0 Å². The van der Waals surface area contributed by atoms with Gasteiger partial charge in [0.05, 0.1) is 0 Å². The van der Waals surface area contributed by atoms with E-state index in [1.807, 2.05) is 0 Å². The van der Waals surface area contributed by atoms with Crippen molar-refractivity contribution in [2.45, 2.75) is 85.2 Å². The Hall–Kier alpha value is -1.19. The van der Waals surface area contributed by atoms with Crippen molar-refractivity contribution in [1.82, 2.24) is 0 Å². The van der Waals surface area contributed by atoms with Crippen LogP contribution in [0.3, 0.4) is 0 Å². The van der Waals surface area contributed by atoms with Crippen molar-refractivity contribution in [3.8, 4) is 0 Å². The second-order valence-electron chi connectivity index (χ2n) is 10.3. The minimum Gasteiger partial charge on any atom is -0.463 e. The molecule has 0 amide bonds. The molecular formula is C23H34O4. The molecule has 0 radical (unpaired) electrons. The Morgan fingerprint density at radius 2 is 1.74 bits per heavy atom. The van der Waals surface area contributed by atoms with Crippen LogP contribution in [0.1, 0.15) is 79.1 Å². The van der Waals surface area contributed by atoms with Gasteiger partial charge in [-0.1, -0.05) is 13.8 Å². The lowest BCUT2D eigenvalue weighted by molar-refractivity contribution is -0.167. The molecule has 0 bridgehead atoms. The first-order chi connectivity index (χ1) is 12.7. The van der Waals surface area contributed by atoms with Gasteiger partial charge in [0.15, 0.2) is 0 Å². The predicted octanol–water partition coefficient (Wildman–Crippen LogP) is 4.35. The Bertz CT molecular complexity index is 669. The Morgan fingerprint density at radius 3 is 2.41 bits per heavy atom. The zero-order chi connectivity index (χ0) is 19.6. The van der Waals surface area contributed by atoms with E-state index in [0.717, 1.165) is 38.5 Å². The third kappa shape index (κ3) is 2.73. The highest BCUT2D eigenvalue weighted by molar-refractivity contribution is 5.93. The molecule has 27 heavy (non-hydrogen) atoms. The van der Waals surface area contributed by atoms with Gasteiger partial charge >= 0.3 is 5.97 Å². The Balaban J connectivity index is 1.59. The second-order valence-corrected chi connectivity index (χ2v) is 10.3. The second kappa shape index (κ2) is 6.42. The number of ketones is 2. The summed E-state index contributed by atoms with van der Waals surface area (Å²) >= 11 is 0. The van der Waals surface area contributed by atoms with Gasteiger partial charge in [0.25, 0.3) is 0 Å². The van der Waals surface area contributed by atoms with E-state index in [0.29, 0.717) is 35.9 Å². The van der Waals surface area contributed by atoms with Crippen LogP contribution in [-0.2, 0) is 19.1 Å². The van der Waals surface area contributed by atoms with Crippen LogP contribution >= 0.6 is 0 Å². The predicted molar refractivity (Wildman–Crippen MR) is 102 cm³/mol. The number of Topliss-reactive ketones (excluding diaryl/α,β-unsaturated/α-hetero) is 2. The van der Waals surface area contributed by atoms with Gasteiger partial charge in [-0.3, -0.25) is 14.4 Å². The summed E-state index contributed by atoms with van der Waals surface area (Å²) in [6, 6.07) is 0. The van der Waals surface area contributed by atoms with E-state index >= 15 is 0 Å². The van der Waals surface area contributed by atoms with Gasteiger partial charge < -0.3 is 4.74 Å². The fraction of sp³-hybridized carbons (Fsp3) is 0.870. The molecule has 0 aliphatic heterocycles. The zero-order valence-corrected chi connectivity index (χ0v) is 17.3. The highest BCUT2D eigenvalue weighted by Gasteiger charge is 2.64. The molecule has 0 spiro atoms. The number of fused-ring (bicyclic) bond motifs is 5. The summed E-state index contributed by atoms with van der Waals surface area (Å²) in [5.74, 6) is 2.22. The molecule has 0 aromatic rings. The molecule has 0 saturated heterocycles. The molecule has 4 nitrogen and oxygen atoms in total. The SMILES string of the molecule is CC(=O)O[C@@H]1CC[C@@]2(C)[C@@H](CC[C@H]3[C@H]2CC(=O)[C@]2(C)[C@H](C(C)=O)CC[C@@H]32)C1. The number of carbonyl (C=O) groups excluding carboxylic acids is 3. The maximum Gasteiger partial charge on any atom is 0.302 e. The topological polar surface area (TPSA) is 60.4 Å². The first-order valence-corrected chi connectivity index (χ1v) is 10.9. The molecule has 4 saturated carbocycles. The first kappa shape index (κ1) is 19.1. The maximum atomic E-state index is 13.4. The van der Waals surface area contributed by atoms with Crippen LogP contribution < -0.4 is 0 Å². The van der Waals surface area contributed by atoms with E-state index in [1.54, 1.807) is 6.92 Å². The van der Waals surface area contributed by atoms with Gasteiger partial charge in [0.1, 0.15) is 17.7 Å². The van der Waals surface area contributed by atoms with Crippen molar-refractivity contribution in [1.29, 1.82) is 0 Å². The van der Waals surface area contributed by atoms with Crippen LogP contribution in [0, 0.1) is 40.4 Å². The largest absolute Gasteiger partial charge is 0.463 e. The molecule has 4 aliphatic rings. The summed E-state index contributed by atoms with van der Waals surface area (Å²) in [4.78, 5) is 37.0. The lowest BCUT2D eigenvalue weighted by atomic mass is 9.44. The Labute approximate surface area is 162 Å². The minimum absolute atomic E-state index is 0.0512. The molecule has 0 heterocycles.